The first kappa shape index (κ1) is 18.9. The minimum absolute atomic E-state index is 0.484. The summed E-state index contributed by atoms with van der Waals surface area (Å²) in [5.41, 5.74) is 0. The molecule has 0 amide bonds. The number of piperidine rings is 1. The minimum Gasteiger partial charge on any atom is -0.379 e. The second-order valence-electron chi connectivity index (χ2n) is 7.68. The lowest BCUT2D eigenvalue weighted by Crippen LogP contribution is -2.46. The minimum atomic E-state index is 0.484. The number of ether oxygens (including phenoxy) is 1. The Balaban J connectivity index is 1.52. The van der Waals surface area contributed by atoms with Crippen LogP contribution in [0.4, 0.5) is 0 Å². The maximum atomic E-state index is 5.46. The highest BCUT2D eigenvalue weighted by molar-refractivity contribution is 5.80. The van der Waals surface area contributed by atoms with Crippen LogP contribution in [0.1, 0.15) is 39.5 Å². The zero-order chi connectivity index (χ0) is 17.5. The van der Waals surface area contributed by atoms with Crippen LogP contribution in [0.2, 0.25) is 0 Å². The lowest BCUT2D eigenvalue weighted by atomic mass is 10.1. The van der Waals surface area contributed by atoms with Crippen LogP contribution in [-0.2, 0) is 4.74 Å². The number of guanidine groups is 1. The summed E-state index contributed by atoms with van der Waals surface area (Å²) in [5.74, 6) is 1.11. The summed E-state index contributed by atoms with van der Waals surface area (Å²) in [6, 6.07) is 1.21. The van der Waals surface area contributed by atoms with Gasteiger partial charge in [0.05, 0.1) is 19.8 Å². The smallest absolute Gasteiger partial charge is 0.194 e. The molecule has 0 aromatic carbocycles. The second-order valence-corrected chi connectivity index (χ2v) is 7.68. The SMILES string of the molecule is CCNC(=NCC(C)N1CCOCC1)N1CCC(N2CCCCC2)C1. The van der Waals surface area contributed by atoms with E-state index in [9.17, 15) is 0 Å². The number of nitrogens with one attached hydrogen (secondary N) is 1. The molecular formula is C19H37N5O. The van der Waals surface area contributed by atoms with Crippen molar-refractivity contribution < 1.29 is 4.74 Å². The van der Waals surface area contributed by atoms with E-state index in [1.54, 1.807) is 0 Å². The van der Waals surface area contributed by atoms with Gasteiger partial charge >= 0.3 is 0 Å². The predicted molar refractivity (Wildman–Crippen MR) is 103 cm³/mol. The van der Waals surface area contributed by atoms with Crippen molar-refractivity contribution in [2.75, 3.05) is 65.6 Å². The Bertz CT molecular complexity index is 418. The molecule has 3 saturated heterocycles. The molecule has 144 valence electrons. The van der Waals surface area contributed by atoms with Gasteiger partial charge in [-0.1, -0.05) is 6.42 Å². The van der Waals surface area contributed by atoms with Crippen molar-refractivity contribution >= 4 is 5.96 Å². The molecule has 2 atom stereocenters. The van der Waals surface area contributed by atoms with E-state index in [1.165, 1.54) is 38.8 Å². The van der Waals surface area contributed by atoms with Gasteiger partial charge in [0.25, 0.3) is 0 Å². The zero-order valence-electron chi connectivity index (χ0n) is 16.3. The molecule has 2 unspecified atom stereocenters. The Labute approximate surface area is 153 Å². The van der Waals surface area contributed by atoms with Crippen LogP contribution >= 0.6 is 0 Å². The molecule has 3 aliphatic rings. The van der Waals surface area contributed by atoms with Crippen LogP contribution in [0, 0.1) is 0 Å². The van der Waals surface area contributed by atoms with Crippen LogP contribution in [-0.4, -0.2) is 98.3 Å². The molecule has 6 nitrogen and oxygen atoms in total. The molecular weight excluding hydrogens is 314 g/mol. The predicted octanol–water partition coefficient (Wildman–Crippen LogP) is 1.23. The van der Waals surface area contributed by atoms with Crippen LogP contribution in [0.3, 0.4) is 0 Å². The standard InChI is InChI=1S/C19H37N5O/c1-3-20-19(21-15-17(2)22-11-13-25-14-12-22)24-10-7-18(16-24)23-8-5-4-6-9-23/h17-18H,3-16H2,1-2H3,(H,20,21). The van der Waals surface area contributed by atoms with Gasteiger partial charge in [0, 0.05) is 44.8 Å². The van der Waals surface area contributed by atoms with Crippen molar-refractivity contribution in [3.05, 3.63) is 0 Å². The first-order valence-corrected chi connectivity index (χ1v) is 10.4. The van der Waals surface area contributed by atoms with Crippen LogP contribution in [0.25, 0.3) is 0 Å². The summed E-state index contributed by atoms with van der Waals surface area (Å²) >= 11 is 0. The van der Waals surface area contributed by atoms with E-state index in [0.29, 0.717) is 6.04 Å². The summed E-state index contributed by atoms with van der Waals surface area (Å²) in [4.78, 5) is 12.7. The number of likely N-dealkylation sites (tertiary alicyclic amines) is 2. The molecule has 0 spiro atoms. The van der Waals surface area contributed by atoms with Crippen molar-refractivity contribution in [2.24, 2.45) is 4.99 Å². The van der Waals surface area contributed by atoms with Gasteiger partial charge in [0.1, 0.15) is 0 Å². The maximum absolute atomic E-state index is 5.46. The van der Waals surface area contributed by atoms with Gasteiger partial charge in [0.2, 0.25) is 0 Å². The molecule has 0 aromatic heterocycles. The number of hydrogen-bond donors (Lipinski definition) is 1. The van der Waals surface area contributed by atoms with Gasteiger partial charge in [-0.3, -0.25) is 14.8 Å². The Morgan fingerprint density at radius 3 is 2.60 bits per heavy atom. The number of aliphatic imine (C=N–C) groups is 1. The molecule has 0 saturated carbocycles. The maximum Gasteiger partial charge on any atom is 0.194 e. The first-order valence-electron chi connectivity index (χ1n) is 10.4. The van der Waals surface area contributed by atoms with Gasteiger partial charge < -0.3 is 15.0 Å². The van der Waals surface area contributed by atoms with Crippen molar-refractivity contribution in [2.45, 2.75) is 51.6 Å². The van der Waals surface area contributed by atoms with Gasteiger partial charge in [-0.25, -0.2) is 0 Å². The summed E-state index contributed by atoms with van der Waals surface area (Å²) in [7, 11) is 0. The zero-order valence-corrected chi connectivity index (χ0v) is 16.3. The van der Waals surface area contributed by atoms with Crippen LogP contribution in [0.5, 0.6) is 0 Å². The molecule has 1 N–H and O–H groups in total. The largest absolute Gasteiger partial charge is 0.379 e. The van der Waals surface area contributed by atoms with E-state index in [1.807, 2.05) is 0 Å². The van der Waals surface area contributed by atoms with Crippen molar-refractivity contribution in [1.29, 1.82) is 0 Å². The normalized spacial score (nSPS) is 28.3. The third-order valence-electron chi connectivity index (χ3n) is 5.88. The lowest BCUT2D eigenvalue weighted by Gasteiger charge is -2.33. The number of morpholine rings is 1. The number of rotatable bonds is 5. The molecule has 0 aliphatic carbocycles. The summed E-state index contributed by atoms with van der Waals surface area (Å²) in [6.07, 6.45) is 5.45. The van der Waals surface area contributed by atoms with Gasteiger partial charge in [-0.2, -0.15) is 0 Å². The Morgan fingerprint density at radius 2 is 1.88 bits per heavy atom. The highest BCUT2D eigenvalue weighted by atomic mass is 16.5. The average molecular weight is 352 g/mol. The molecule has 3 aliphatic heterocycles. The van der Waals surface area contributed by atoms with Crippen LogP contribution < -0.4 is 5.32 Å². The Kier molecular flexibility index (Phi) is 7.37. The fraction of sp³-hybridized carbons (Fsp3) is 0.947. The fourth-order valence-corrected chi connectivity index (χ4v) is 4.29. The van der Waals surface area contributed by atoms with Crippen molar-refractivity contribution in [3.8, 4) is 0 Å². The lowest BCUT2D eigenvalue weighted by molar-refractivity contribution is 0.0220. The van der Waals surface area contributed by atoms with E-state index in [0.717, 1.165) is 64.5 Å². The average Bonchev–Trinajstić information content (AvgIpc) is 3.16. The van der Waals surface area contributed by atoms with Gasteiger partial charge in [0.15, 0.2) is 5.96 Å². The topological polar surface area (TPSA) is 43.3 Å². The number of hydrogen-bond acceptors (Lipinski definition) is 4. The van der Waals surface area contributed by atoms with E-state index < -0.39 is 0 Å². The molecule has 0 aromatic rings. The van der Waals surface area contributed by atoms with Crippen LogP contribution in [0.15, 0.2) is 4.99 Å². The summed E-state index contributed by atoms with van der Waals surface area (Å²) in [6.45, 7) is 14.9. The fourth-order valence-electron chi connectivity index (χ4n) is 4.29. The third kappa shape index (κ3) is 5.31. The Morgan fingerprint density at radius 1 is 1.12 bits per heavy atom. The Hall–Kier alpha value is -0.850. The molecule has 25 heavy (non-hydrogen) atoms. The van der Waals surface area contributed by atoms with E-state index in [2.05, 4.69) is 33.9 Å². The second kappa shape index (κ2) is 9.74. The highest BCUT2D eigenvalue weighted by Crippen LogP contribution is 2.20. The highest BCUT2D eigenvalue weighted by Gasteiger charge is 2.30. The monoisotopic (exact) mass is 351 g/mol. The van der Waals surface area contributed by atoms with Gasteiger partial charge in [-0.05, 0) is 46.2 Å². The van der Waals surface area contributed by atoms with Gasteiger partial charge in [-0.15, -0.1) is 0 Å². The quantitative estimate of drug-likeness (QED) is 0.596. The third-order valence-corrected chi connectivity index (χ3v) is 5.88. The molecule has 0 radical (unpaired) electrons. The van der Waals surface area contributed by atoms with E-state index in [-0.39, 0.29) is 0 Å². The summed E-state index contributed by atoms with van der Waals surface area (Å²) in [5, 5.41) is 3.52. The summed E-state index contributed by atoms with van der Waals surface area (Å²) < 4.78 is 5.46. The molecule has 3 heterocycles. The molecule has 6 heteroatoms. The van der Waals surface area contributed by atoms with Crippen molar-refractivity contribution in [1.82, 2.24) is 20.0 Å². The number of nitrogens with zero attached hydrogens (tertiary/aromatic N) is 4. The first-order chi connectivity index (χ1) is 12.3. The van der Waals surface area contributed by atoms with E-state index >= 15 is 0 Å². The molecule has 3 rings (SSSR count). The molecule has 3 fully saturated rings. The molecule has 0 bridgehead atoms. The van der Waals surface area contributed by atoms with E-state index in [4.69, 9.17) is 9.73 Å². The van der Waals surface area contributed by atoms with Crippen molar-refractivity contribution in [3.63, 3.8) is 0 Å².